The van der Waals surface area contributed by atoms with Gasteiger partial charge in [-0.05, 0) is 37.0 Å². The van der Waals surface area contributed by atoms with E-state index < -0.39 is 0 Å². The first kappa shape index (κ1) is 11.0. The van der Waals surface area contributed by atoms with Crippen molar-refractivity contribution in [2.45, 2.75) is 32.4 Å². The largest absolute Gasteiger partial charge is 0.335 e. The van der Waals surface area contributed by atoms with Crippen LogP contribution >= 0.6 is 0 Å². The molecule has 0 spiro atoms. The Hall–Kier alpha value is -1.55. The molecule has 0 heterocycles. The Balaban J connectivity index is 2.07. The SMILES string of the molecule is Cc1cccc(NC(=O)NC2CC2)c1CN. The van der Waals surface area contributed by atoms with Crippen LogP contribution in [-0.2, 0) is 6.54 Å². The van der Waals surface area contributed by atoms with Gasteiger partial charge >= 0.3 is 6.03 Å². The Kier molecular flexibility index (Phi) is 3.10. The molecule has 0 radical (unpaired) electrons. The van der Waals surface area contributed by atoms with Crippen molar-refractivity contribution < 1.29 is 4.79 Å². The fourth-order valence-electron chi connectivity index (χ4n) is 1.66. The molecule has 4 heteroatoms. The molecule has 0 aromatic heterocycles. The molecule has 0 saturated heterocycles. The number of anilines is 1. The van der Waals surface area contributed by atoms with E-state index in [-0.39, 0.29) is 6.03 Å². The lowest BCUT2D eigenvalue weighted by molar-refractivity contribution is 0.251. The lowest BCUT2D eigenvalue weighted by Gasteiger charge is -2.12. The van der Waals surface area contributed by atoms with Gasteiger partial charge in [0.05, 0.1) is 0 Å². The van der Waals surface area contributed by atoms with E-state index in [2.05, 4.69) is 10.6 Å². The lowest BCUT2D eigenvalue weighted by Crippen LogP contribution is -2.31. The van der Waals surface area contributed by atoms with E-state index in [0.29, 0.717) is 12.6 Å². The smallest absolute Gasteiger partial charge is 0.319 e. The van der Waals surface area contributed by atoms with Gasteiger partial charge in [0.1, 0.15) is 0 Å². The van der Waals surface area contributed by atoms with E-state index in [1.54, 1.807) is 0 Å². The number of urea groups is 1. The molecule has 4 nitrogen and oxygen atoms in total. The summed E-state index contributed by atoms with van der Waals surface area (Å²) in [5.41, 5.74) is 8.57. The number of nitrogens with two attached hydrogens (primary N) is 1. The lowest BCUT2D eigenvalue weighted by atomic mass is 10.1. The normalized spacial score (nSPS) is 14.6. The fraction of sp³-hybridized carbons (Fsp3) is 0.417. The minimum atomic E-state index is -0.136. The maximum absolute atomic E-state index is 11.6. The molecule has 0 unspecified atom stereocenters. The number of carbonyl (C=O) groups excluding carboxylic acids is 1. The van der Waals surface area contributed by atoms with E-state index in [9.17, 15) is 4.79 Å². The summed E-state index contributed by atoms with van der Waals surface area (Å²) in [5.74, 6) is 0. The molecule has 4 N–H and O–H groups in total. The average Bonchev–Trinajstić information content (AvgIpc) is 3.02. The summed E-state index contributed by atoms with van der Waals surface area (Å²) in [6, 6.07) is 6.02. The first-order valence-corrected chi connectivity index (χ1v) is 5.57. The van der Waals surface area contributed by atoms with E-state index >= 15 is 0 Å². The van der Waals surface area contributed by atoms with Crippen LogP contribution in [-0.4, -0.2) is 12.1 Å². The molecule has 0 bridgehead atoms. The highest BCUT2D eigenvalue weighted by molar-refractivity contribution is 5.90. The molecule has 0 aliphatic heterocycles. The Morgan fingerprint density at radius 2 is 2.25 bits per heavy atom. The molecule has 1 saturated carbocycles. The van der Waals surface area contributed by atoms with Gasteiger partial charge in [-0.3, -0.25) is 0 Å². The Morgan fingerprint density at radius 3 is 2.88 bits per heavy atom. The van der Waals surface area contributed by atoms with Gasteiger partial charge in [0, 0.05) is 18.3 Å². The van der Waals surface area contributed by atoms with Crippen molar-refractivity contribution in [1.29, 1.82) is 0 Å². The van der Waals surface area contributed by atoms with Gasteiger partial charge in [0.2, 0.25) is 0 Å². The number of rotatable bonds is 3. The van der Waals surface area contributed by atoms with Crippen molar-refractivity contribution in [3.63, 3.8) is 0 Å². The minimum Gasteiger partial charge on any atom is -0.335 e. The van der Waals surface area contributed by atoms with Gasteiger partial charge in [-0.15, -0.1) is 0 Å². The summed E-state index contributed by atoms with van der Waals surface area (Å²) in [6.07, 6.45) is 2.18. The first-order chi connectivity index (χ1) is 7.70. The molecule has 1 aromatic carbocycles. The summed E-state index contributed by atoms with van der Waals surface area (Å²) in [4.78, 5) is 11.6. The van der Waals surface area contributed by atoms with Crippen LogP contribution < -0.4 is 16.4 Å². The van der Waals surface area contributed by atoms with Crippen LogP contribution in [0.3, 0.4) is 0 Å². The van der Waals surface area contributed by atoms with Crippen molar-refractivity contribution >= 4 is 11.7 Å². The van der Waals surface area contributed by atoms with E-state index in [1.165, 1.54) is 0 Å². The van der Waals surface area contributed by atoms with Gasteiger partial charge in [0.25, 0.3) is 0 Å². The Morgan fingerprint density at radius 1 is 1.50 bits per heavy atom. The first-order valence-electron chi connectivity index (χ1n) is 5.57. The maximum atomic E-state index is 11.6. The molecule has 0 atom stereocenters. The third kappa shape index (κ3) is 2.52. The highest BCUT2D eigenvalue weighted by Crippen LogP contribution is 2.21. The zero-order chi connectivity index (χ0) is 11.5. The molecule has 16 heavy (non-hydrogen) atoms. The van der Waals surface area contributed by atoms with E-state index in [1.807, 2.05) is 25.1 Å². The van der Waals surface area contributed by atoms with Gasteiger partial charge in [-0.25, -0.2) is 4.79 Å². The molecular formula is C12H17N3O. The molecule has 1 fully saturated rings. The van der Waals surface area contributed by atoms with Crippen molar-refractivity contribution in [3.8, 4) is 0 Å². The van der Waals surface area contributed by atoms with Crippen molar-refractivity contribution in [1.82, 2.24) is 5.32 Å². The minimum absolute atomic E-state index is 0.136. The highest BCUT2D eigenvalue weighted by Gasteiger charge is 2.23. The second-order valence-electron chi connectivity index (χ2n) is 4.18. The predicted octanol–water partition coefficient (Wildman–Crippen LogP) is 1.74. The second-order valence-corrected chi connectivity index (χ2v) is 4.18. The number of hydrogen-bond acceptors (Lipinski definition) is 2. The van der Waals surface area contributed by atoms with Crippen LogP contribution in [0.2, 0.25) is 0 Å². The summed E-state index contributed by atoms with van der Waals surface area (Å²) in [5, 5.41) is 5.73. The molecule has 2 amide bonds. The zero-order valence-corrected chi connectivity index (χ0v) is 9.42. The van der Waals surface area contributed by atoms with Crippen LogP contribution in [0.15, 0.2) is 18.2 Å². The average molecular weight is 219 g/mol. The van der Waals surface area contributed by atoms with Gasteiger partial charge in [-0.2, -0.15) is 0 Å². The van der Waals surface area contributed by atoms with Crippen LogP contribution in [0.1, 0.15) is 24.0 Å². The number of aryl methyl sites for hydroxylation is 1. The highest BCUT2D eigenvalue weighted by atomic mass is 16.2. The summed E-state index contributed by atoms with van der Waals surface area (Å²) in [7, 11) is 0. The topological polar surface area (TPSA) is 67.2 Å². The van der Waals surface area contributed by atoms with Crippen LogP contribution in [0.4, 0.5) is 10.5 Å². The molecule has 1 aliphatic rings. The molecule has 1 aliphatic carbocycles. The molecule has 2 rings (SSSR count). The number of amides is 2. The maximum Gasteiger partial charge on any atom is 0.319 e. The Labute approximate surface area is 95.2 Å². The van der Waals surface area contributed by atoms with Crippen molar-refractivity contribution in [2.75, 3.05) is 5.32 Å². The van der Waals surface area contributed by atoms with Crippen LogP contribution in [0, 0.1) is 6.92 Å². The standard InChI is InChI=1S/C12H17N3O/c1-8-3-2-4-11(10(8)7-13)15-12(16)14-9-5-6-9/h2-4,9H,5-7,13H2,1H3,(H2,14,15,16). The Bertz CT molecular complexity index is 399. The third-order valence-electron chi connectivity index (χ3n) is 2.78. The van der Waals surface area contributed by atoms with Crippen molar-refractivity contribution in [3.05, 3.63) is 29.3 Å². The molecular weight excluding hydrogens is 202 g/mol. The van der Waals surface area contributed by atoms with E-state index in [0.717, 1.165) is 29.7 Å². The van der Waals surface area contributed by atoms with Gasteiger partial charge in [-0.1, -0.05) is 12.1 Å². The molecule has 1 aromatic rings. The summed E-state index contributed by atoms with van der Waals surface area (Å²) < 4.78 is 0. The second kappa shape index (κ2) is 4.53. The zero-order valence-electron chi connectivity index (χ0n) is 9.42. The number of nitrogens with one attached hydrogen (secondary N) is 2. The van der Waals surface area contributed by atoms with E-state index in [4.69, 9.17) is 5.73 Å². The predicted molar refractivity (Wildman–Crippen MR) is 64.2 cm³/mol. The van der Waals surface area contributed by atoms with Gasteiger partial charge in [0.15, 0.2) is 0 Å². The number of benzene rings is 1. The quantitative estimate of drug-likeness (QED) is 0.724. The van der Waals surface area contributed by atoms with Crippen LogP contribution in [0.25, 0.3) is 0 Å². The fourth-order valence-corrected chi connectivity index (χ4v) is 1.66. The van der Waals surface area contributed by atoms with Crippen LogP contribution in [0.5, 0.6) is 0 Å². The summed E-state index contributed by atoms with van der Waals surface area (Å²) >= 11 is 0. The van der Waals surface area contributed by atoms with Gasteiger partial charge < -0.3 is 16.4 Å². The van der Waals surface area contributed by atoms with Crippen molar-refractivity contribution in [2.24, 2.45) is 5.73 Å². The number of carbonyl (C=O) groups is 1. The summed E-state index contributed by atoms with van der Waals surface area (Å²) in [6.45, 7) is 2.43. The molecule has 86 valence electrons. The monoisotopic (exact) mass is 219 g/mol. The number of hydrogen-bond donors (Lipinski definition) is 3. The third-order valence-corrected chi connectivity index (χ3v) is 2.78.